The van der Waals surface area contributed by atoms with Crippen LogP contribution in [-0.4, -0.2) is 0 Å². The van der Waals surface area contributed by atoms with Crippen LogP contribution in [0.4, 0.5) is 0 Å². The van der Waals surface area contributed by atoms with Gasteiger partial charge in [-0.15, -0.1) is 13.2 Å². The second-order valence-corrected chi connectivity index (χ2v) is 4.53. The quantitative estimate of drug-likeness (QED) is 0.287. The standard InChI is InChI=1S/C16H28/c1-4-6-8-10-11-13-15-16(3)14-12-9-7-5-2/h4-5H,1-3,6-15H2. The minimum Gasteiger partial charge on any atom is -0.103 e. The number of unbranched alkanes of at least 4 members (excludes halogenated alkanes) is 6. The van der Waals surface area contributed by atoms with Crippen LogP contribution < -0.4 is 0 Å². The molecule has 0 saturated carbocycles. The summed E-state index contributed by atoms with van der Waals surface area (Å²) in [5, 5.41) is 0. The summed E-state index contributed by atoms with van der Waals surface area (Å²) in [6, 6.07) is 0. The molecule has 0 aliphatic carbocycles. The van der Waals surface area contributed by atoms with E-state index in [9.17, 15) is 0 Å². The molecule has 0 atom stereocenters. The molecule has 0 aromatic carbocycles. The molecule has 0 spiro atoms. The first kappa shape index (κ1) is 15.2. The van der Waals surface area contributed by atoms with Crippen molar-refractivity contribution in [1.82, 2.24) is 0 Å². The van der Waals surface area contributed by atoms with Crippen LogP contribution in [0.1, 0.15) is 64.2 Å². The summed E-state index contributed by atoms with van der Waals surface area (Å²) in [6.07, 6.45) is 16.6. The molecule has 0 amide bonds. The summed E-state index contributed by atoms with van der Waals surface area (Å²) in [5.41, 5.74) is 1.44. The largest absolute Gasteiger partial charge is 0.103 e. The van der Waals surface area contributed by atoms with Crippen molar-refractivity contribution in [1.29, 1.82) is 0 Å². The van der Waals surface area contributed by atoms with Gasteiger partial charge in [0.2, 0.25) is 0 Å². The molecule has 92 valence electrons. The minimum absolute atomic E-state index is 1.15. The number of hydrogen-bond donors (Lipinski definition) is 0. The molecular weight excluding hydrogens is 192 g/mol. The molecule has 16 heavy (non-hydrogen) atoms. The maximum absolute atomic E-state index is 4.14. The van der Waals surface area contributed by atoms with Gasteiger partial charge in [-0.1, -0.05) is 37.1 Å². The Kier molecular flexibility index (Phi) is 11.7. The Morgan fingerprint density at radius 2 is 1.12 bits per heavy atom. The molecule has 0 aromatic rings. The first-order valence-electron chi connectivity index (χ1n) is 6.69. The van der Waals surface area contributed by atoms with Crippen molar-refractivity contribution >= 4 is 0 Å². The van der Waals surface area contributed by atoms with Gasteiger partial charge in [-0.2, -0.15) is 0 Å². The second kappa shape index (κ2) is 12.3. The molecule has 0 aliphatic rings. The molecule has 0 saturated heterocycles. The topological polar surface area (TPSA) is 0 Å². The molecule has 0 aromatic heterocycles. The average Bonchev–Trinajstić information content (AvgIpc) is 2.29. The van der Waals surface area contributed by atoms with Gasteiger partial charge in [0.05, 0.1) is 0 Å². The summed E-state index contributed by atoms with van der Waals surface area (Å²) >= 11 is 0. The molecule has 0 aliphatic heterocycles. The van der Waals surface area contributed by atoms with Crippen molar-refractivity contribution in [2.45, 2.75) is 64.2 Å². The van der Waals surface area contributed by atoms with Crippen LogP contribution in [-0.2, 0) is 0 Å². The molecule has 0 N–H and O–H groups in total. The van der Waals surface area contributed by atoms with Crippen LogP contribution in [0.2, 0.25) is 0 Å². The highest BCUT2D eigenvalue weighted by Gasteiger charge is 1.95. The lowest BCUT2D eigenvalue weighted by molar-refractivity contribution is 0.628. The fourth-order valence-corrected chi connectivity index (χ4v) is 1.81. The Bertz CT molecular complexity index is 188. The highest BCUT2D eigenvalue weighted by molar-refractivity contribution is 4.93. The molecule has 0 radical (unpaired) electrons. The number of rotatable bonds is 12. The van der Waals surface area contributed by atoms with E-state index in [2.05, 4.69) is 19.7 Å². The molecule has 0 heteroatoms. The summed E-state index contributed by atoms with van der Waals surface area (Å²) < 4.78 is 0. The summed E-state index contributed by atoms with van der Waals surface area (Å²) in [4.78, 5) is 0. The zero-order valence-electron chi connectivity index (χ0n) is 10.8. The number of hydrogen-bond acceptors (Lipinski definition) is 0. The van der Waals surface area contributed by atoms with Crippen molar-refractivity contribution in [2.24, 2.45) is 0 Å². The lowest BCUT2D eigenvalue weighted by atomic mass is 10.0. The first-order chi connectivity index (χ1) is 7.81. The highest BCUT2D eigenvalue weighted by atomic mass is 14.0. The minimum atomic E-state index is 1.15. The Balaban J connectivity index is 3.17. The van der Waals surface area contributed by atoms with E-state index >= 15 is 0 Å². The van der Waals surface area contributed by atoms with Crippen LogP contribution in [0.25, 0.3) is 0 Å². The molecule has 0 nitrogen and oxygen atoms in total. The van der Waals surface area contributed by atoms with E-state index < -0.39 is 0 Å². The summed E-state index contributed by atoms with van der Waals surface area (Å²) in [6.45, 7) is 11.6. The predicted octanol–water partition coefficient (Wildman–Crippen LogP) is 5.82. The van der Waals surface area contributed by atoms with E-state index in [0.29, 0.717) is 0 Å². The van der Waals surface area contributed by atoms with Crippen LogP contribution in [0.5, 0.6) is 0 Å². The highest BCUT2D eigenvalue weighted by Crippen LogP contribution is 2.15. The second-order valence-electron chi connectivity index (χ2n) is 4.53. The van der Waals surface area contributed by atoms with Gasteiger partial charge in [0.15, 0.2) is 0 Å². The van der Waals surface area contributed by atoms with E-state index in [1.807, 2.05) is 12.2 Å². The van der Waals surface area contributed by atoms with E-state index in [-0.39, 0.29) is 0 Å². The lowest BCUT2D eigenvalue weighted by Crippen LogP contribution is -1.85. The molecular formula is C16H28. The van der Waals surface area contributed by atoms with Gasteiger partial charge < -0.3 is 0 Å². The third-order valence-electron chi connectivity index (χ3n) is 2.88. The Hall–Kier alpha value is -0.780. The van der Waals surface area contributed by atoms with Crippen LogP contribution in [0.3, 0.4) is 0 Å². The van der Waals surface area contributed by atoms with E-state index in [1.165, 1.54) is 63.4 Å². The third kappa shape index (κ3) is 11.3. The van der Waals surface area contributed by atoms with Crippen LogP contribution in [0, 0.1) is 0 Å². The average molecular weight is 220 g/mol. The Labute approximate surface area is 102 Å². The van der Waals surface area contributed by atoms with Crippen LogP contribution in [0.15, 0.2) is 37.5 Å². The maximum atomic E-state index is 4.14. The fraction of sp³-hybridized carbons (Fsp3) is 0.625. The Morgan fingerprint density at radius 1 is 0.688 bits per heavy atom. The zero-order chi connectivity index (χ0) is 12.1. The van der Waals surface area contributed by atoms with E-state index in [1.54, 1.807) is 0 Å². The molecule has 0 fully saturated rings. The van der Waals surface area contributed by atoms with Gasteiger partial charge in [0, 0.05) is 0 Å². The molecule has 0 rings (SSSR count). The van der Waals surface area contributed by atoms with Gasteiger partial charge >= 0.3 is 0 Å². The summed E-state index contributed by atoms with van der Waals surface area (Å²) in [5.74, 6) is 0. The lowest BCUT2D eigenvalue weighted by Gasteiger charge is -2.05. The van der Waals surface area contributed by atoms with Gasteiger partial charge in [-0.25, -0.2) is 0 Å². The van der Waals surface area contributed by atoms with Crippen molar-refractivity contribution in [2.75, 3.05) is 0 Å². The molecule has 0 unspecified atom stereocenters. The number of allylic oxidation sites excluding steroid dienone is 3. The van der Waals surface area contributed by atoms with Gasteiger partial charge in [0.25, 0.3) is 0 Å². The van der Waals surface area contributed by atoms with Crippen LogP contribution >= 0.6 is 0 Å². The first-order valence-corrected chi connectivity index (χ1v) is 6.69. The summed E-state index contributed by atoms with van der Waals surface area (Å²) in [7, 11) is 0. The smallest absolute Gasteiger partial charge is 0.0323 e. The van der Waals surface area contributed by atoms with E-state index in [0.717, 1.165) is 6.42 Å². The zero-order valence-corrected chi connectivity index (χ0v) is 10.8. The predicted molar refractivity (Wildman–Crippen MR) is 75.7 cm³/mol. The molecule has 0 bridgehead atoms. The van der Waals surface area contributed by atoms with Gasteiger partial charge in [-0.05, 0) is 51.4 Å². The Morgan fingerprint density at radius 3 is 1.69 bits per heavy atom. The maximum Gasteiger partial charge on any atom is -0.0323 e. The fourth-order valence-electron chi connectivity index (χ4n) is 1.81. The van der Waals surface area contributed by atoms with Crippen molar-refractivity contribution in [3.05, 3.63) is 37.5 Å². The SMILES string of the molecule is C=CCCCCCCC(=C)CCCCC=C. The third-order valence-corrected chi connectivity index (χ3v) is 2.88. The van der Waals surface area contributed by atoms with Gasteiger partial charge in [0.1, 0.15) is 0 Å². The normalized spacial score (nSPS) is 10.0. The molecule has 0 heterocycles. The van der Waals surface area contributed by atoms with Crippen molar-refractivity contribution < 1.29 is 0 Å². The monoisotopic (exact) mass is 220 g/mol. The van der Waals surface area contributed by atoms with E-state index in [4.69, 9.17) is 0 Å². The van der Waals surface area contributed by atoms with Crippen molar-refractivity contribution in [3.8, 4) is 0 Å². The van der Waals surface area contributed by atoms with Gasteiger partial charge in [-0.3, -0.25) is 0 Å². The van der Waals surface area contributed by atoms with Crippen molar-refractivity contribution in [3.63, 3.8) is 0 Å².